The fourth-order valence-corrected chi connectivity index (χ4v) is 1.98. The van der Waals surface area contributed by atoms with Crippen molar-refractivity contribution in [3.63, 3.8) is 0 Å². The molecule has 1 unspecified atom stereocenters. The van der Waals surface area contributed by atoms with Gasteiger partial charge in [0.15, 0.2) is 0 Å². The molecule has 88 valence electrons. The molecule has 1 aromatic carbocycles. The average molecular weight is 243 g/mol. The summed E-state index contributed by atoms with van der Waals surface area (Å²) in [4.78, 5) is 11.0. The lowest BCUT2D eigenvalue weighted by Gasteiger charge is -2.20. The Hall–Kier alpha value is -0.890. The van der Waals surface area contributed by atoms with Gasteiger partial charge in [0.25, 0.3) is 0 Å². The second-order valence-corrected chi connectivity index (χ2v) is 4.84. The van der Waals surface area contributed by atoms with Crippen LogP contribution in [0.5, 0.6) is 0 Å². The summed E-state index contributed by atoms with van der Waals surface area (Å²) in [5.74, 6) is 0.139. The van der Waals surface area contributed by atoms with Gasteiger partial charge in [-0.2, -0.15) is 0 Å². The van der Waals surface area contributed by atoms with E-state index in [-0.39, 0.29) is 17.0 Å². The third-order valence-corrected chi connectivity index (χ3v) is 2.95. The largest absolute Gasteiger partial charge is 0.281 e. The number of carbonyl (C=O) groups excluding carboxylic acids is 1. The number of hydrogen-bond donors (Lipinski definition) is 0. The summed E-state index contributed by atoms with van der Waals surface area (Å²) in [7, 11) is 0. The maximum Gasteiger partial charge on any atom is 0.222 e. The third-order valence-electron chi connectivity index (χ3n) is 2.80. The molecule has 0 aromatic heterocycles. The molecule has 0 saturated carbocycles. The van der Waals surface area contributed by atoms with E-state index in [2.05, 4.69) is 0 Å². The minimum atomic E-state index is -0.347. The lowest BCUT2D eigenvalue weighted by Crippen LogP contribution is -2.10. The molecule has 0 saturated heterocycles. The number of carbonyl (C=O) groups is 1. The summed E-state index contributed by atoms with van der Waals surface area (Å²) >= 11 is 5.42. The molecule has 1 rings (SSSR count). The average Bonchev–Trinajstić information content (AvgIpc) is 2.18. The van der Waals surface area contributed by atoms with Gasteiger partial charge in [0.05, 0.1) is 0 Å². The maximum absolute atomic E-state index is 13.1. The Morgan fingerprint density at radius 2 is 2.06 bits per heavy atom. The van der Waals surface area contributed by atoms with E-state index in [1.165, 1.54) is 6.07 Å². The predicted molar refractivity (Wildman–Crippen MR) is 64.2 cm³/mol. The molecule has 0 fully saturated rings. The van der Waals surface area contributed by atoms with Crippen LogP contribution in [-0.4, -0.2) is 5.24 Å². The van der Waals surface area contributed by atoms with Crippen molar-refractivity contribution in [2.75, 3.05) is 0 Å². The van der Waals surface area contributed by atoms with Crippen molar-refractivity contribution in [2.45, 2.75) is 33.1 Å². The van der Waals surface area contributed by atoms with Gasteiger partial charge in [-0.25, -0.2) is 4.39 Å². The second-order valence-electron chi connectivity index (χ2n) is 4.42. The molecule has 0 aliphatic carbocycles. The zero-order chi connectivity index (χ0) is 12.3. The molecule has 0 bridgehead atoms. The second kappa shape index (κ2) is 5.44. The lowest BCUT2D eigenvalue weighted by molar-refractivity contribution is -0.112. The first-order valence-corrected chi connectivity index (χ1v) is 5.74. The van der Waals surface area contributed by atoms with E-state index in [0.29, 0.717) is 17.9 Å². The van der Waals surface area contributed by atoms with Crippen LogP contribution in [0.4, 0.5) is 4.39 Å². The molecule has 0 amide bonds. The maximum atomic E-state index is 13.1. The van der Waals surface area contributed by atoms with Crippen LogP contribution in [0.1, 0.15) is 37.3 Å². The minimum Gasteiger partial charge on any atom is -0.281 e. The Morgan fingerprint density at radius 1 is 1.44 bits per heavy atom. The molecule has 0 heterocycles. The fourth-order valence-electron chi connectivity index (χ4n) is 1.81. The molecule has 0 spiro atoms. The van der Waals surface area contributed by atoms with Gasteiger partial charge in [-0.1, -0.05) is 26.0 Å². The topological polar surface area (TPSA) is 17.1 Å². The molecule has 0 aliphatic heterocycles. The zero-order valence-corrected chi connectivity index (χ0v) is 10.5. The highest BCUT2D eigenvalue weighted by atomic mass is 35.5. The van der Waals surface area contributed by atoms with Crippen molar-refractivity contribution < 1.29 is 9.18 Å². The Balaban J connectivity index is 3.01. The summed E-state index contributed by atoms with van der Waals surface area (Å²) in [6.45, 7) is 5.78. The van der Waals surface area contributed by atoms with Gasteiger partial charge >= 0.3 is 0 Å². The first-order chi connectivity index (χ1) is 7.41. The molecule has 3 heteroatoms. The highest BCUT2D eigenvalue weighted by Crippen LogP contribution is 2.29. The SMILES string of the molecule is Cc1cc(C(CC(=O)Cl)C(C)C)ccc1F. The van der Waals surface area contributed by atoms with Crippen LogP contribution in [0.3, 0.4) is 0 Å². The van der Waals surface area contributed by atoms with Crippen LogP contribution in [0.15, 0.2) is 18.2 Å². The fraction of sp³-hybridized carbons (Fsp3) is 0.462. The van der Waals surface area contributed by atoms with Gasteiger partial charge in [-0.15, -0.1) is 0 Å². The van der Waals surface area contributed by atoms with Crippen LogP contribution >= 0.6 is 11.6 Å². The summed E-state index contributed by atoms with van der Waals surface area (Å²) in [6, 6.07) is 4.96. The molecule has 16 heavy (non-hydrogen) atoms. The molecule has 1 nitrogen and oxygen atoms in total. The number of hydrogen-bond acceptors (Lipinski definition) is 1. The monoisotopic (exact) mass is 242 g/mol. The Morgan fingerprint density at radius 3 is 2.50 bits per heavy atom. The predicted octanol–water partition coefficient (Wildman–Crippen LogP) is 4.03. The third kappa shape index (κ3) is 3.31. The van der Waals surface area contributed by atoms with Crippen LogP contribution in [0, 0.1) is 18.7 Å². The standard InChI is InChI=1S/C13H16ClFO/c1-8(2)11(7-13(14)16)10-4-5-12(15)9(3)6-10/h4-6,8,11H,7H2,1-3H3. The smallest absolute Gasteiger partial charge is 0.222 e. The van der Waals surface area contributed by atoms with Gasteiger partial charge in [-0.3, -0.25) is 4.79 Å². The lowest BCUT2D eigenvalue weighted by atomic mass is 9.85. The van der Waals surface area contributed by atoms with E-state index in [1.54, 1.807) is 19.1 Å². The molecular weight excluding hydrogens is 227 g/mol. The van der Waals surface area contributed by atoms with Gasteiger partial charge in [0.2, 0.25) is 5.24 Å². The van der Waals surface area contributed by atoms with Crippen molar-refractivity contribution in [3.05, 3.63) is 35.1 Å². The molecule has 0 aliphatic rings. The summed E-state index contributed by atoms with van der Waals surface area (Å²) in [5, 5.41) is -0.347. The van der Waals surface area contributed by atoms with Crippen LogP contribution in [0.2, 0.25) is 0 Å². The van der Waals surface area contributed by atoms with E-state index >= 15 is 0 Å². The van der Waals surface area contributed by atoms with Crippen LogP contribution < -0.4 is 0 Å². The highest BCUT2D eigenvalue weighted by molar-refractivity contribution is 6.63. The summed E-state index contributed by atoms with van der Waals surface area (Å²) < 4.78 is 13.1. The van der Waals surface area contributed by atoms with Crippen molar-refractivity contribution >= 4 is 16.8 Å². The zero-order valence-electron chi connectivity index (χ0n) is 9.76. The van der Waals surface area contributed by atoms with Gasteiger partial charge in [-0.05, 0) is 47.6 Å². The Kier molecular flexibility index (Phi) is 4.48. The van der Waals surface area contributed by atoms with E-state index in [9.17, 15) is 9.18 Å². The van der Waals surface area contributed by atoms with Crippen molar-refractivity contribution in [1.82, 2.24) is 0 Å². The van der Waals surface area contributed by atoms with E-state index in [0.717, 1.165) is 5.56 Å². The molecule has 0 N–H and O–H groups in total. The van der Waals surface area contributed by atoms with E-state index in [1.807, 2.05) is 13.8 Å². The number of benzene rings is 1. The molecular formula is C13H16ClFO. The first kappa shape index (κ1) is 13.2. The van der Waals surface area contributed by atoms with Gasteiger partial charge in [0.1, 0.15) is 5.82 Å². The van der Waals surface area contributed by atoms with Gasteiger partial charge in [0, 0.05) is 6.42 Å². The molecule has 1 atom stereocenters. The normalized spacial score (nSPS) is 12.9. The number of halogens is 2. The van der Waals surface area contributed by atoms with Crippen LogP contribution in [0.25, 0.3) is 0 Å². The van der Waals surface area contributed by atoms with Crippen molar-refractivity contribution in [3.8, 4) is 0 Å². The van der Waals surface area contributed by atoms with Crippen LogP contribution in [-0.2, 0) is 4.79 Å². The van der Waals surface area contributed by atoms with Gasteiger partial charge < -0.3 is 0 Å². The summed E-state index contributed by atoms with van der Waals surface area (Å²) in [6.07, 6.45) is 0.296. The quantitative estimate of drug-likeness (QED) is 0.729. The van der Waals surface area contributed by atoms with Crippen molar-refractivity contribution in [1.29, 1.82) is 0 Å². The molecule has 0 radical (unpaired) electrons. The molecule has 1 aromatic rings. The van der Waals surface area contributed by atoms with E-state index < -0.39 is 0 Å². The highest BCUT2D eigenvalue weighted by Gasteiger charge is 2.19. The van der Waals surface area contributed by atoms with E-state index in [4.69, 9.17) is 11.6 Å². The Bertz CT molecular complexity index is 388. The summed E-state index contributed by atoms with van der Waals surface area (Å²) in [5.41, 5.74) is 1.58. The number of aryl methyl sites for hydroxylation is 1. The number of rotatable bonds is 4. The van der Waals surface area contributed by atoms with Crippen molar-refractivity contribution in [2.24, 2.45) is 5.92 Å². The first-order valence-electron chi connectivity index (χ1n) is 5.36. The minimum absolute atomic E-state index is 0.0595. The Labute approximate surface area is 101 Å².